The molecule has 0 atom stereocenters. The summed E-state index contributed by atoms with van der Waals surface area (Å²) in [6, 6.07) is 7.87. The fourth-order valence-electron chi connectivity index (χ4n) is 3.14. The number of fused-ring (bicyclic) bond motifs is 1. The maximum atomic E-state index is 13.0. The van der Waals surface area contributed by atoms with E-state index in [2.05, 4.69) is 21.5 Å². The van der Waals surface area contributed by atoms with Crippen LogP contribution in [0.4, 0.5) is 11.4 Å². The van der Waals surface area contributed by atoms with Gasteiger partial charge in [0.15, 0.2) is 0 Å². The van der Waals surface area contributed by atoms with Crippen LogP contribution in [0.15, 0.2) is 28.8 Å². The molecule has 134 valence electrons. The topological polar surface area (TPSA) is 71.3 Å². The average Bonchev–Trinajstić information content (AvgIpc) is 3.39. The summed E-state index contributed by atoms with van der Waals surface area (Å²) >= 11 is 0. The van der Waals surface area contributed by atoms with Gasteiger partial charge in [0.1, 0.15) is 0 Å². The first-order chi connectivity index (χ1) is 12.4. The molecular weight excluding hydrogens is 328 g/mol. The van der Waals surface area contributed by atoms with E-state index in [0.29, 0.717) is 28.3 Å². The van der Waals surface area contributed by atoms with Crippen molar-refractivity contribution in [1.82, 2.24) is 10.1 Å². The molecule has 0 aliphatic heterocycles. The van der Waals surface area contributed by atoms with Gasteiger partial charge in [-0.15, -0.1) is 0 Å². The molecule has 1 amide bonds. The summed E-state index contributed by atoms with van der Waals surface area (Å²) in [7, 11) is 3.99. The van der Waals surface area contributed by atoms with E-state index in [0.717, 1.165) is 35.5 Å². The highest BCUT2D eigenvalue weighted by atomic mass is 16.5. The van der Waals surface area contributed by atoms with Gasteiger partial charge in [0, 0.05) is 37.1 Å². The molecule has 1 aliphatic rings. The summed E-state index contributed by atoms with van der Waals surface area (Å²) in [5.41, 5.74) is 5.52. The van der Waals surface area contributed by atoms with Crippen molar-refractivity contribution < 1.29 is 9.32 Å². The second-order valence-corrected chi connectivity index (χ2v) is 7.16. The number of carbonyl (C=O) groups excluding carboxylic acids is 1. The first-order valence-corrected chi connectivity index (χ1v) is 8.80. The molecule has 0 saturated heterocycles. The molecule has 6 nitrogen and oxygen atoms in total. The Hall–Kier alpha value is -2.89. The highest BCUT2D eigenvalue weighted by molar-refractivity contribution is 6.12. The van der Waals surface area contributed by atoms with Crippen LogP contribution in [-0.2, 0) is 0 Å². The van der Waals surface area contributed by atoms with E-state index < -0.39 is 0 Å². The number of anilines is 2. The van der Waals surface area contributed by atoms with Gasteiger partial charge in [-0.3, -0.25) is 4.79 Å². The molecule has 0 radical (unpaired) electrons. The van der Waals surface area contributed by atoms with E-state index in [9.17, 15) is 4.79 Å². The first kappa shape index (κ1) is 16.6. The van der Waals surface area contributed by atoms with E-state index in [1.165, 1.54) is 0 Å². The zero-order valence-corrected chi connectivity index (χ0v) is 15.5. The molecule has 2 heterocycles. The molecule has 1 saturated carbocycles. The second kappa shape index (κ2) is 6.12. The molecule has 0 bridgehead atoms. The minimum absolute atomic E-state index is 0.161. The third-order valence-electron chi connectivity index (χ3n) is 4.85. The number of aromatic nitrogens is 2. The predicted molar refractivity (Wildman–Crippen MR) is 102 cm³/mol. The molecule has 26 heavy (non-hydrogen) atoms. The lowest BCUT2D eigenvalue weighted by atomic mass is 10.1. The minimum atomic E-state index is -0.161. The zero-order valence-electron chi connectivity index (χ0n) is 15.5. The smallest absolute Gasteiger partial charge is 0.259 e. The number of aryl methyl sites for hydroxylation is 2. The lowest BCUT2D eigenvalue weighted by Gasteiger charge is -2.16. The highest BCUT2D eigenvalue weighted by Crippen LogP contribution is 2.40. The van der Waals surface area contributed by atoms with Gasteiger partial charge in [-0.25, -0.2) is 4.98 Å². The van der Waals surface area contributed by atoms with Crippen molar-refractivity contribution in [3.05, 3.63) is 46.8 Å². The van der Waals surface area contributed by atoms with E-state index in [1.807, 2.05) is 51.0 Å². The molecule has 2 aromatic heterocycles. The van der Waals surface area contributed by atoms with Crippen molar-refractivity contribution in [3.8, 4) is 0 Å². The number of rotatable bonds is 4. The quantitative estimate of drug-likeness (QED) is 0.769. The Bertz CT molecular complexity index is 1000. The summed E-state index contributed by atoms with van der Waals surface area (Å²) in [5.74, 6) is 0.267. The Morgan fingerprint density at radius 1 is 1.23 bits per heavy atom. The van der Waals surface area contributed by atoms with Gasteiger partial charge in [-0.1, -0.05) is 5.16 Å². The molecule has 1 N–H and O–H groups in total. The van der Waals surface area contributed by atoms with Crippen molar-refractivity contribution >= 4 is 28.4 Å². The van der Waals surface area contributed by atoms with E-state index in [4.69, 9.17) is 4.52 Å². The Morgan fingerprint density at radius 3 is 2.65 bits per heavy atom. The van der Waals surface area contributed by atoms with Crippen LogP contribution in [0.3, 0.4) is 0 Å². The van der Waals surface area contributed by atoms with E-state index >= 15 is 0 Å². The number of nitrogens with one attached hydrogen (secondary N) is 1. The fourth-order valence-corrected chi connectivity index (χ4v) is 3.14. The van der Waals surface area contributed by atoms with Gasteiger partial charge in [0.2, 0.25) is 0 Å². The number of carbonyl (C=O) groups is 1. The fraction of sp³-hybridized carbons (Fsp3) is 0.350. The van der Waals surface area contributed by atoms with Crippen molar-refractivity contribution in [2.75, 3.05) is 24.3 Å². The number of amides is 1. The van der Waals surface area contributed by atoms with Gasteiger partial charge in [-0.05, 0) is 56.5 Å². The first-order valence-electron chi connectivity index (χ1n) is 8.80. The lowest BCUT2D eigenvalue weighted by molar-refractivity contribution is 0.102. The maximum absolute atomic E-state index is 13.0. The molecule has 3 aromatic rings. The summed E-state index contributed by atoms with van der Waals surface area (Å²) in [6.07, 6.45) is 2.22. The Morgan fingerprint density at radius 2 is 2.00 bits per heavy atom. The SMILES string of the molecule is Cc1cc(N(C)C)ccc1NC(=O)c1cc(C2CC2)nc2onc(C)c12. The highest BCUT2D eigenvalue weighted by Gasteiger charge is 2.28. The van der Waals surface area contributed by atoms with Crippen molar-refractivity contribution in [3.63, 3.8) is 0 Å². The molecule has 1 aliphatic carbocycles. The third-order valence-corrected chi connectivity index (χ3v) is 4.85. The van der Waals surface area contributed by atoms with Crippen LogP contribution in [-0.4, -0.2) is 30.1 Å². The van der Waals surface area contributed by atoms with E-state index in [1.54, 1.807) is 0 Å². The lowest BCUT2D eigenvalue weighted by Crippen LogP contribution is -2.15. The van der Waals surface area contributed by atoms with Crippen LogP contribution in [0.25, 0.3) is 11.1 Å². The standard InChI is InChI=1S/C20H22N4O2/c1-11-9-14(24(3)4)7-8-16(11)21-19(25)15-10-17(13-5-6-13)22-20-18(15)12(2)23-26-20/h7-10,13H,5-6H2,1-4H3,(H,21,25). The molecule has 0 spiro atoms. The number of hydrogen-bond donors (Lipinski definition) is 1. The van der Waals surface area contributed by atoms with Gasteiger partial charge < -0.3 is 14.7 Å². The van der Waals surface area contributed by atoms with Crippen molar-refractivity contribution in [2.45, 2.75) is 32.6 Å². The summed E-state index contributed by atoms with van der Waals surface area (Å²) in [5, 5.41) is 7.72. The summed E-state index contributed by atoms with van der Waals surface area (Å²) in [4.78, 5) is 19.6. The molecule has 4 rings (SSSR count). The van der Waals surface area contributed by atoms with Crippen molar-refractivity contribution in [1.29, 1.82) is 0 Å². The van der Waals surface area contributed by atoms with Crippen LogP contribution in [0.1, 0.15) is 46.1 Å². The van der Waals surface area contributed by atoms with Gasteiger partial charge >= 0.3 is 0 Å². The Balaban J connectivity index is 1.71. The predicted octanol–water partition coefficient (Wildman–Crippen LogP) is 4.04. The molecule has 0 unspecified atom stereocenters. The number of hydrogen-bond acceptors (Lipinski definition) is 5. The maximum Gasteiger partial charge on any atom is 0.259 e. The van der Waals surface area contributed by atoms with Crippen LogP contribution in [0, 0.1) is 13.8 Å². The summed E-state index contributed by atoms with van der Waals surface area (Å²) in [6.45, 7) is 3.82. The Labute approximate surface area is 152 Å². The number of pyridine rings is 1. The molecule has 1 aromatic carbocycles. The Kier molecular flexibility index (Phi) is 3.90. The van der Waals surface area contributed by atoms with Crippen LogP contribution < -0.4 is 10.2 Å². The third kappa shape index (κ3) is 2.92. The van der Waals surface area contributed by atoms with Crippen LogP contribution in [0.2, 0.25) is 0 Å². The summed E-state index contributed by atoms with van der Waals surface area (Å²) < 4.78 is 5.33. The van der Waals surface area contributed by atoms with Gasteiger partial charge in [-0.2, -0.15) is 0 Å². The normalized spacial score (nSPS) is 13.8. The number of nitrogens with zero attached hydrogens (tertiary/aromatic N) is 3. The van der Waals surface area contributed by atoms with Crippen LogP contribution >= 0.6 is 0 Å². The van der Waals surface area contributed by atoms with Gasteiger partial charge in [0.25, 0.3) is 11.6 Å². The largest absolute Gasteiger partial charge is 0.378 e. The van der Waals surface area contributed by atoms with Gasteiger partial charge in [0.05, 0.1) is 16.6 Å². The molecule has 1 fully saturated rings. The second-order valence-electron chi connectivity index (χ2n) is 7.16. The zero-order chi connectivity index (χ0) is 18.4. The molecule has 6 heteroatoms. The number of benzene rings is 1. The monoisotopic (exact) mass is 350 g/mol. The van der Waals surface area contributed by atoms with Crippen LogP contribution in [0.5, 0.6) is 0 Å². The molecular formula is C20H22N4O2. The van der Waals surface area contributed by atoms with Crippen molar-refractivity contribution in [2.24, 2.45) is 0 Å². The average molecular weight is 350 g/mol. The minimum Gasteiger partial charge on any atom is -0.378 e. The van der Waals surface area contributed by atoms with E-state index in [-0.39, 0.29) is 5.91 Å².